The highest BCUT2D eigenvalue weighted by atomic mass is 32.2. The van der Waals surface area contributed by atoms with Crippen molar-refractivity contribution in [2.75, 3.05) is 11.5 Å². The number of hydrogen-bond acceptors (Lipinski definition) is 2. The Morgan fingerprint density at radius 3 is 2.32 bits per heavy atom. The fraction of sp³-hybridized carbons (Fsp3) is 0.938. The summed E-state index contributed by atoms with van der Waals surface area (Å²) in [6.45, 7) is 9.00. The van der Waals surface area contributed by atoms with E-state index in [1.165, 1.54) is 0 Å². The standard InChI is InChI=1S/C16H30O2S/c1-5-19-12-6-9-16(14(17)18)10-7-13(8-11-16)15(2,3)4/h13H,5-12H2,1-4H3,(H,17,18). The smallest absolute Gasteiger partial charge is 0.309 e. The van der Waals surface area contributed by atoms with Crippen LogP contribution in [-0.2, 0) is 4.79 Å². The molecule has 1 N–H and O–H groups in total. The lowest BCUT2D eigenvalue weighted by atomic mass is 9.63. The third-order valence-corrected chi connectivity index (χ3v) is 5.75. The number of hydrogen-bond donors (Lipinski definition) is 1. The predicted octanol–water partition coefficient (Wildman–Crippen LogP) is 4.83. The van der Waals surface area contributed by atoms with Gasteiger partial charge >= 0.3 is 5.97 Å². The van der Waals surface area contributed by atoms with Crippen LogP contribution in [0.5, 0.6) is 0 Å². The van der Waals surface area contributed by atoms with Gasteiger partial charge in [0.15, 0.2) is 0 Å². The van der Waals surface area contributed by atoms with E-state index in [-0.39, 0.29) is 0 Å². The molecule has 0 aromatic rings. The molecule has 0 aromatic carbocycles. The van der Waals surface area contributed by atoms with E-state index in [1.54, 1.807) is 0 Å². The average molecular weight is 286 g/mol. The highest BCUT2D eigenvalue weighted by Gasteiger charge is 2.43. The highest BCUT2D eigenvalue weighted by Crippen LogP contribution is 2.47. The van der Waals surface area contributed by atoms with Crippen LogP contribution in [0.4, 0.5) is 0 Å². The second-order valence-corrected chi connectivity index (χ2v) is 8.42. The van der Waals surface area contributed by atoms with E-state index in [9.17, 15) is 9.90 Å². The van der Waals surface area contributed by atoms with Crippen molar-refractivity contribution in [1.82, 2.24) is 0 Å². The van der Waals surface area contributed by atoms with Gasteiger partial charge in [0, 0.05) is 0 Å². The van der Waals surface area contributed by atoms with E-state index in [1.807, 2.05) is 11.8 Å². The molecule has 0 unspecified atom stereocenters. The van der Waals surface area contributed by atoms with Crippen molar-refractivity contribution < 1.29 is 9.90 Å². The lowest BCUT2D eigenvalue weighted by Crippen LogP contribution is -2.38. The summed E-state index contributed by atoms with van der Waals surface area (Å²) >= 11 is 1.92. The molecule has 1 saturated carbocycles. The van der Waals surface area contributed by atoms with Crippen LogP contribution in [0.3, 0.4) is 0 Å². The van der Waals surface area contributed by atoms with Gasteiger partial charge in [-0.1, -0.05) is 27.7 Å². The van der Waals surface area contributed by atoms with Gasteiger partial charge in [-0.3, -0.25) is 4.79 Å². The van der Waals surface area contributed by atoms with E-state index in [2.05, 4.69) is 27.7 Å². The van der Waals surface area contributed by atoms with Crippen LogP contribution in [0, 0.1) is 16.7 Å². The fourth-order valence-electron chi connectivity index (χ4n) is 3.26. The van der Waals surface area contributed by atoms with Crippen molar-refractivity contribution in [2.24, 2.45) is 16.7 Å². The first kappa shape index (κ1) is 16.9. The highest BCUT2D eigenvalue weighted by molar-refractivity contribution is 7.99. The van der Waals surface area contributed by atoms with Crippen molar-refractivity contribution in [1.29, 1.82) is 0 Å². The zero-order chi connectivity index (χ0) is 14.5. The predicted molar refractivity (Wildman–Crippen MR) is 83.7 cm³/mol. The van der Waals surface area contributed by atoms with Crippen LogP contribution in [0.1, 0.15) is 66.2 Å². The lowest BCUT2D eigenvalue weighted by Gasteiger charge is -2.42. The van der Waals surface area contributed by atoms with E-state index in [4.69, 9.17) is 0 Å². The zero-order valence-electron chi connectivity index (χ0n) is 13.0. The third kappa shape index (κ3) is 4.70. The summed E-state index contributed by atoms with van der Waals surface area (Å²) in [5.74, 6) is 2.37. The minimum atomic E-state index is -0.554. The molecule has 1 rings (SSSR count). The molecule has 0 heterocycles. The van der Waals surface area contributed by atoms with Crippen LogP contribution < -0.4 is 0 Å². The molecule has 0 aromatic heterocycles. The summed E-state index contributed by atoms with van der Waals surface area (Å²) in [4.78, 5) is 11.7. The Morgan fingerprint density at radius 1 is 1.32 bits per heavy atom. The first-order valence-corrected chi connectivity index (χ1v) is 8.78. The summed E-state index contributed by atoms with van der Waals surface area (Å²) < 4.78 is 0. The van der Waals surface area contributed by atoms with Gasteiger partial charge in [-0.25, -0.2) is 0 Å². The molecule has 112 valence electrons. The second kappa shape index (κ2) is 7.01. The Hall–Kier alpha value is -0.180. The second-order valence-electron chi connectivity index (χ2n) is 7.03. The van der Waals surface area contributed by atoms with Crippen LogP contribution in [0.25, 0.3) is 0 Å². The van der Waals surface area contributed by atoms with Crippen LogP contribution in [-0.4, -0.2) is 22.6 Å². The molecule has 0 spiro atoms. The molecule has 0 bridgehead atoms. The van der Waals surface area contributed by atoms with Crippen LogP contribution in [0.2, 0.25) is 0 Å². The zero-order valence-corrected chi connectivity index (χ0v) is 13.8. The Morgan fingerprint density at radius 2 is 1.89 bits per heavy atom. The average Bonchev–Trinajstić information content (AvgIpc) is 2.34. The normalized spacial score (nSPS) is 28.3. The van der Waals surface area contributed by atoms with E-state index in [0.29, 0.717) is 11.3 Å². The van der Waals surface area contributed by atoms with Crippen molar-refractivity contribution in [3.63, 3.8) is 0 Å². The van der Waals surface area contributed by atoms with Crippen molar-refractivity contribution >= 4 is 17.7 Å². The molecule has 1 aliphatic rings. The molecule has 19 heavy (non-hydrogen) atoms. The van der Waals surface area contributed by atoms with Gasteiger partial charge in [0.2, 0.25) is 0 Å². The van der Waals surface area contributed by atoms with E-state index >= 15 is 0 Å². The van der Waals surface area contributed by atoms with Gasteiger partial charge in [-0.2, -0.15) is 11.8 Å². The maximum absolute atomic E-state index is 11.7. The minimum Gasteiger partial charge on any atom is -0.481 e. The van der Waals surface area contributed by atoms with Gasteiger partial charge in [0.25, 0.3) is 0 Å². The number of rotatable bonds is 6. The van der Waals surface area contributed by atoms with Crippen molar-refractivity contribution in [3.8, 4) is 0 Å². The fourth-order valence-corrected chi connectivity index (χ4v) is 3.90. The minimum absolute atomic E-state index is 0.322. The number of thioether (sulfide) groups is 1. The molecule has 1 aliphatic carbocycles. The molecule has 0 radical (unpaired) electrons. The summed E-state index contributed by atoms with van der Waals surface area (Å²) in [6.07, 6.45) is 5.83. The largest absolute Gasteiger partial charge is 0.481 e. The van der Waals surface area contributed by atoms with Gasteiger partial charge in [0.05, 0.1) is 5.41 Å². The first-order valence-electron chi connectivity index (χ1n) is 7.63. The van der Waals surface area contributed by atoms with Gasteiger partial charge in [-0.05, 0) is 61.4 Å². The molecule has 1 fully saturated rings. The molecule has 3 heteroatoms. The lowest BCUT2D eigenvalue weighted by molar-refractivity contribution is -0.153. The molecule has 0 aliphatic heterocycles. The number of carbonyl (C=O) groups is 1. The SMILES string of the molecule is CCSCCCC1(C(=O)O)CCC(C(C)(C)C)CC1. The van der Waals surface area contributed by atoms with Crippen LogP contribution >= 0.6 is 11.8 Å². The maximum Gasteiger partial charge on any atom is 0.309 e. The van der Waals surface area contributed by atoms with E-state index in [0.717, 1.165) is 50.0 Å². The number of carboxylic acid groups (broad SMARTS) is 1. The molecule has 2 nitrogen and oxygen atoms in total. The van der Waals surface area contributed by atoms with Gasteiger partial charge in [0.1, 0.15) is 0 Å². The Balaban J connectivity index is 2.54. The summed E-state index contributed by atoms with van der Waals surface area (Å²) in [5, 5.41) is 9.63. The maximum atomic E-state index is 11.7. The van der Waals surface area contributed by atoms with E-state index < -0.39 is 11.4 Å². The summed E-state index contributed by atoms with van der Waals surface area (Å²) in [7, 11) is 0. The summed E-state index contributed by atoms with van der Waals surface area (Å²) in [5.41, 5.74) is -0.0984. The Bertz CT molecular complexity index is 286. The van der Waals surface area contributed by atoms with Crippen molar-refractivity contribution in [3.05, 3.63) is 0 Å². The molecule has 0 atom stereocenters. The topological polar surface area (TPSA) is 37.3 Å². The summed E-state index contributed by atoms with van der Waals surface area (Å²) in [6, 6.07) is 0. The van der Waals surface area contributed by atoms with Gasteiger partial charge in [-0.15, -0.1) is 0 Å². The third-order valence-electron chi connectivity index (χ3n) is 4.77. The van der Waals surface area contributed by atoms with Crippen LogP contribution in [0.15, 0.2) is 0 Å². The number of aliphatic carboxylic acids is 1. The Kier molecular flexibility index (Phi) is 6.22. The Labute approximate surface area is 122 Å². The molecular formula is C16H30O2S. The molecule has 0 amide bonds. The molecular weight excluding hydrogens is 256 g/mol. The quantitative estimate of drug-likeness (QED) is 0.711. The van der Waals surface area contributed by atoms with Crippen molar-refractivity contribution in [2.45, 2.75) is 66.2 Å². The first-order chi connectivity index (χ1) is 8.82. The molecule has 0 saturated heterocycles. The number of carboxylic acids is 1. The van der Waals surface area contributed by atoms with Gasteiger partial charge < -0.3 is 5.11 Å². The monoisotopic (exact) mass is 286 g/mol.